The molecule has 2 aliphatic rings. The predicted molar refractivity (Wildman–Crippen MR) is 100 cm³/mol. The quantitative estimate of drug-likeness (QED) is 0.844. The fourth-order valence-electron chi connectivity index (χ4n) is 3.25. The Hall–Kier alpha value is -1.90. The summed E-state index contributed by atoms with van der Waals surface area (Å²) in [6.07, 6.45) is 0. The van der Waals surface area contributed by atoms with Crippen molar-refractivity contribution in [1.82, 2.24) is 14.7 Å². The van der Waals surface area contributed by atoms with Gasteiger partial charge in [-0.25, -0.2) is 9.18 Å². The summed E-state index contributed by atoms with van der Waals surface area (Å²) in [5.41, 5.74) is 0.0699. The molecule has 27 heavy (non-hydrogen) atoms. The molecule has 2 fully saturated rings. The number of ether oxygens (including phenoxy) is 1. The number of hydrogen-bond donors (Lipinski definition) is 1. The van der Waals surface area contributed by atoms with Crippen LogP contribution in [0.1, 0.15) is 6.92 Å². The molecular weight excluding hydrogens is 375 g/mol. The van der Waals surface area contributed by atoms with Gasteiger partial charge in [0.1, 0.15) is 5.82 Å². The van der Waals surface area contributed by atoms with Crippen molar-refractivity contribution in [3.05, 3.63) is 29.0 Å². The molecule has 1 unspecified atom stereocenters. The van der Waals surface area contributed by atoms with Gasteiger partial charge in [0, 0.05) is 44.3 Å². The minimum absolute atomic E-state index is 0.0241. The van der Waals surface area contributed by atoms with Gasteiger partial charge in [0.05, 0.1) is 24.9 Å². The van der Waals surface area contributed by atoms with Crippen LogP contribution in [-0.2, 0) is 9.53 Å². The van der Waals surface area contributed by atoms with Crippen molar-refractivity contribution in [1.29, 1.82) is 0 Å². The number of nitrogens with zero attached hydrogens (tertiary/aromatic N) is 3. The molecule has 9 heteroatoms. The number of morpholine rings is 1. The van der Waals surface area contributed by atoms with Gasteiger partial charge in [0.2, 0.25) is 5.91 Å². The molecule has 0 aliphatic carbocycles. The van der Waals surface area contributed by atoms with Gasteiger partial charge in [-0.15, -0.1) is 0 Å². The lowest BCUT2D eigenvalue weighted by molar-refractivity contribution is -0.121. The summed E-state index contributed by atoms with van der Waals surface area (Å²) in [7, 11) is 0. The Morgan fingerprint density at radius 1 is 1.11 bits per heavy atom. The van der Waals surface area contributed by atoms with Crippen LogP contribution in [0.25, 0.3) is 0 Å². The van der Waals surface area contributed by atoms with Crippen molar-refractivity contribution in [2.45, 2.75) is 13.0 Å². The zero-order chi connectivity index (χ0) is 19.4. The van der Waals surface area contributed by atoms with E-state index in [-0.39, 0.29) is 17.6 Å². The van der Waals surface area contributed by atoms with E-state index in [0.29, 0.717) is 57.5 Å². The Labute approximate surface area is 163 Å². The number of anilines is 1. The fraction of sp³-hybridized carbons (Fsp3) is 0.556. The third kappa shape index (κ3) is 4.88. The second-order valence-electron chi connectivity index (χ2n) is 6.69. The van der Waals surface area contributed by atoms with Crippen molar-refractivity contribution in [3.63, 3.8) is 0 Å². The minimum Gasteiger partial charge on any atom is -0.378 e. The molecule has 1 aromatic carbocycles. The number of carbonyl (C=O) groups excluding carboxylic acids is 2. The molecule has 7 nitrogen and oxygen atoms in total. The van der Waals surface area contributed by atoms with E-state index >= 15 is 0 Å². The van der Waals surface area contributed by atoms with Crippen LogP contribution in [0.3, 0.4) is 0 Å². The lowest BCUT2D eigenvalue weighted by atomic mass is 10.2. The van der Waals surface area contributed by atoms with E-state index in [1.807, 2.05) is 9.80 Å². The number of halogens is 2. The molecule has 2 heterocycles. The molecule has 0 saturated carbocycles. The van der Waals surface area contributed by atoms with Gasteiger partial charge in [-0.2, -0.15) is 0 Å². The normalized spacial score (nSPS) is 19.7. The van der Waals surface area contributed by atoms with Crippen LogP contribution in [0.4, 0.5) is 14.9 Å². The Morgan fingerprint density at radius 3 is 2.41 bits per heavy atom. The van der Waals surface area contributed by atoms with E-state index in [2.05, 4.69) is 5.32 Å². The average molecular weight is 399 g/mol. The first-order chi connectivity index (χ1) is 13.0. The first-order valence-electron chi connectivity index (χ1n) is 9.07. The van der Waals surface area contributed by atoms with Crippen molar-refractivity contribution >= 4 is 29.2 Å². The summed E-state index contributed by atoms with van der Waals surface area (Å²) in [5.74, 6) is -0.829. The number of piperazine rings is 1. The maximum absolute atomic E-state index is 13.8. The minimum atomic E-state index is -0.527. The van der Waals surface area contributed by atoms with Crippen LogP contribution in [0.2, 0.25) is 5.02 Å². The molecule has 0 radical (unpaired) electrons. The molecule has 3 rings (SSSR count). The smallest absolute Gasteiger partial charge is 0.320 e. The lowest BCUT2D eigenvalue weighted by Crippen LogP contribution is -2.57. The van der Waals surface area contributed by atoms with E-state index in [9.17, 15) is 14.0 Å². The highest BCUT2D eigenvalue weighted by Crippen LogP contribution is 2.20. The monoisotopic (exact) mass is 398 g/mol. The summed E-state index contributed by atoms with van der Waals surface area (Å²) in [6, 6.07) is 3.62. The Morgan fingerprint density at radius 2 is 1.74 bits per heavy atom. The molecule has 0 aromatic heterocycles. The Kier molecular flexibility index (Phi) is 6.51. The number of carbonyl (C=O) groups is 2. The number of urea groups is 1. The van der Waals surface area contributed by atoms with Crippen LogP contribution >= 0.6 is 11.6 Å². The maximum atomic E-state index is 13.8. The van der Waals surface area contributed by atoms with Crippen LogP contribution in [0.15, 0.2) is 18.2 Å². The number of rotatable bonds is 3. The van der Waals surface area contributed by atoms with Crippen molar-refractivity contribution in [3.8, 4) is 0 Å². The van der Waals surface area contributed by atoms with Crippen LogP contribution < -0.4 is 5.32 Å². The average Bonchev–Trinajstić information content (AvgIpc) is 2.70. The molecule has 2 saturated heterocycles. The fourth-order valence-corrected chi connectivity index (χ4v) is 3.42. The second kappa shape index (κ2) is 8.86. The van der Waals surface area contributed by atoms with E-state index in [0.717, 1.165) is 0 Å². The van der Waals surface area contributed by atoms with Crippen molar-refractivity contribution < 1.29 is 18.7 Å². The van der Waals surface area contributed by atoms with Gasteiger partial charge in [-0.1, -0.05) is 11.6 Å². The van der Waals surface area contributed by atoms with Gasteiger partial charge in [-0.05, 0) is 25.1 Å². The molecular formula is C18H24ClFN4O3. The molecule has 148 valence electrons. The van der Waals surface area contributed by atoms with Gasteiger partial charge >= 0.3 is 6.03 Å². The van der Waals surface area contributed by atoms with E-state index in [1.54, 1.807) is 11.8 Å². The van der Waals surface area contributed by atoms with Crippen LogP contribution in [0, 0.1) is 5.82 Å². The van der Waals surface area contributed by atoms with Crippen molar-refractivity contribution in [2.24, 2.45) is 0 Å². The molecule has 2 aliphatic heterocycles. The van der Waals surface area contributed by atoms with Gasteiger partial charge in [0.25, 0.3) is 0 Å². The predicted octanol–water partition coefficient (Wildman–Crippen LogP) is 1.88. The Balaban J connectivity index is 1.51. The van der Waals surface area contributed by atoms with Crippen LogP contribution in [0.5, 0.6) is 0 Å². The highest BCUT2D eigenvalue weighted by Gasteiger charge is 2.30. The zero-order valence-corrected chi connectivity index (χ0v) is 16.0. The summed E-state index contributed by atoms with van der Waals surface area (Å²) in [4.78, 5) is 30.6. The van der Waals surface area contributed by atoms with E-state index in [1.165, 1.54) is 18.2 Å². The number of nitrogens with one attached hydrogen (secondary N) is 1. The largest absolute Gasteiger partial charge is 0.378 e. The highest BCUT2D eigenvalue weighted by molar-refractivity contribution is 6.30. The Bertz CT molecular complexity index is 691. The number of hydrogen-bond acceptors (Lipinski definition) is 4. The van der Waals surface area contributed by atoms with Gasteiger partial charge in [0.15, 0.2) is 0 Å². The SMILES string of the molecule is CC(C(=O)Nc1cc(Cl)ccc1F)N1CCN(C(=O)N2CCOCC2)CC1. The second-order valence-corrected chi connectivity index (χ2v) is 7.13. The third-order valence-corrected chi connectivity index (χ3v) is 5.21. The topological polar surface area (TPSA) is 65.1 Å². The number of benzene rings is 1. The molecule has 3 amide bonds. The molecule has 1 atom stereocenters. The summed E-state index contributed by atoms with van der Waals surface area (Å²) >= 11 is 5.86. The molecule has 1 N–H and O–H groups in total. The number of amides is 3. The van der Waals surface area contributed by atoms with Crippen LogP contribution in [-0.4, -0.2) is 85.2 Å². The van der Waals surface area contributed by atoms with E-state index in [4.69, 9.17) is 16.3 Å². The van der Waals surface area contributed by atoms with E-state index < -0.39 is 11.9 Å². The van der Waals surface area contributed by atoms with Gasteiger partial charge in [-0.3, -0.25) is 9.69 Å². The highest BCUT2D eigenvalue weighted by atomic mass is 35.5. The lowest BCUT2D eigenvalue weighted by Gasteiger charge is -2.40. The summed E-state index contributed by atoms with van der Waals surface area (Å²) in [5, 5.41) is 2.95. The molecule has 0 spiro atoms. The van der Waals surface area contributed by atoms with Crippen molar-refractivity contribution in [2.75, 3.05) is 57.8 Å². The first kappa shape index (κ1) is 19.9. The first-order valence-corrected chi connectivity index (χ1v) is 9.45. The zero-order valence-electron chi connectivity index (χ0n) is 15.3. The third-order valence-electron chi connectivity index (χ3n) is 4.98. The standard InChI is InChI=1S/C18H24ClFN4O3/c1-13(17(25)21-16-12-14(19)2-3-15(16)20)22-4-6-23(7-5-22)18(26)24-8-10-27-11-9-24/h2-3,12-13H,4-11H2,1H3,(H,21,25). The molecule has 1 aromatic rings. The maximum Gasteiger partial charge on any atom is 0.320 e. The molecule has 0 bridgehead atoms. The summed E-state index contributed by atoms with van der Waals surface area (Å²) in [6.45, 7) is 6.43. The summed E-state index contributed by atoms with van der Waals surface area (Å²) < 4.78 is 19.1. The van der Waals surface area contributed by atoms with Gasteiger partial charge < -0.3 is 19.9 Å².